The fraction of sp³-hybridized carbons (Fsp3) is 0.0909. The van der Waals surface area contributed by atoms with Crippen molar-refractivity contribution in [3.05, 3.63) is 45.7 Å². The summed E-state index contributed by atoms with van der Waals surface area (Å²) in [6.45, 7) is 1.82. The molecule has 0 aliphatic carbocycles. The second-order valence-corrected chi connectivity index (χ2v) is 4.10. The zero-order chi connectivity index (χ0) is 11.7. The number of halogens is 2. The van der Waals surface area contributed by atoms with Gasteiger partial charge in [0.1, 0.15) is 0 Å². The summed E-state index contributed by atoms with van der Waals surface area (Å²) in [7, 11) is 0. The first kappa shape index (κ1) is 11.0. The molecule has 5 heteroatoms. The topological polar surface area (TPSA) is 41.6 Å². The Balaban J connectivity index is 2.53. The highest BCUT2D eigenvalue weighted by Crippen LogP contribution is 2.23. The molecule has 0 saturated heterocycles. The fourth-order valence-electron chi connectivity index (χ4n) is 1.32. The number of aryl methyl sites for hydroxylation is 1. The summed E-state index contributed by atoms with van der Waals surface area (Å²) in [5, 5.41) is 14.0. The van der Waals surface area contributed by atoms with Gasteiger partial charge in [0.25, 0.3) is 0 Å². The Morgan fingerprint density at radius 3 is 2.56 bits per heavy atom. The first-order chi connectivity index (χ1) is 7.61. The highest BCUT2D eigenvalue weighted by molar-refractivity contribution is 6.32. The SMILES string of the molecule is Cc1nn(-c2ccc(C#N)cc2Cl)cc1Cl. The first-order valence-corrected chi connectivity index (χ1v) is 5.29. The van der Waals surface area contributed by atoms with Gasteiger partial charge >= 0.3 is 0 Å². The molecule has 0 unspecified atom stereocenters. The molecule has 1 aromatic heterocycles. The molecule has 0 aliphatic heterocycles. The maximum atomic E-state index is 8.72. The third kappa shape index (κ3) is 1.90. The van der Waals surface area contributed by atoms with Crippen molar-refractivity contribution in [1.82, 2.24) is 9.78 Å². The van der Waals surface area contributed by atoms with Crippen LogP contribution in [0.3, 0.4) is 0 Å². The van der Waals surface area contributed by atoms with E-state index in [0.717, 1.165) is 5.69 Å². The summed E-state index contributed by atoms with van der Waals surface area (Å²) in [6.07, 6.45) is 1.68. The Morgan fingerprint density at radius 2 is 2.06 bits per heavy atom. The Kier molecular flexibility index (Phi) is 2.86. The summed E-state index contributed by atoms with van der Waals surface area (Å²) < 4.78 is 1.60. The van der Waals surface area contributed by atoms with E-state index >= 15 is 0 Å². The minimum absolute atomic E-state index is 0.471. The summed E-state index contributed by atoms with van der Waals surface area (Å²) in [4.78, 5) is 0. The lowest BCUT2D eigenvalue weighted by Gasteiger charge is -2.03. The van der Waals surface area contributed by atoms with Crippen LogP contribution in [0, 0.1) is 18.3 Å². The van der Waals surface area contributed by atoms with E-state index in [9.17, 15) is 0 Å². The van der Waals surface area contributed by atoms with Gasteiger partial charge in [-0.25, -0.2) is 4.68 Å². The second kappa shape index (κ2) is 4.17. The van der Waals surface area contributed by atoms with Gasteiger partial charge in [0.2, 0.25) is 0 Å². The van der Waals surface area contributed by atoms with E-state index in [4.69, 9.17) is 28.5 Å². The molecule has 2 rings (SSSR count). The van der Waals surface area contributed by atoms with Crippen molar-refractivity contribution in [3.63, 3.8) is 0 Å². The summed E-state index contributed by atoms with van der Waals surface area (Å²) >= 11 is 12.0. The van der Waals surface area contributed by atoms with Gasteiger partial charge in [0.05, 0.1) is 33.1 Å². The molecule has 1 heterocycles. The number of nitriles is 1. The van der Waals surface area contributed by atoms with Crippen LogP contribution in [0.1, 0.15) is 11.3 Å². The normalized spacial score (nSPS) is 10.1. The molecule has 80 valence electrons. The number of nitrogens with zero attached hydrogens (tertiary/aromatic N) is 3. The van der Waals surface area contributed by atoms with Gasteiger partial charge in [0, 0.05) is 6.20 Å². The van der Waals surface area contributed by atoms with Gasteiger partial charge in [0.15, 0.2) is 0 Å². The standard InChI is InChI=1S/C11H7Cl2N3/c1-7-10(13)6-16(15-7)11-3-2-8(5-14)4-9(11)12/h2-4,6H,1H3. The third-order valence-electron chi connectivity index (χ3n) is 2.16. The molecule has 0 atom stereocenters. The lowest BCUT2D eigenvalue weighted by molar-refractivity contribution is 0.862. The molecule has 0 saturated carbocycles. The molecular weight excluding hydrogens is 245 g/mol. The number of rotatable bonds is 1. The van der Waals surface area contributed by atoms with E-state index in [1.165, 1.54) is 0 Å². The second-order valence-electron chi connectivity index (χ2n) is 3.29. The fourth-order valence-corrected chi connectivity index (χ4v) is 1.72. The Labute approximate surface area is 103 Å². The molecule has 16 heavy (non-hydrogen) atoms. The molecule has 0 fully saturated rings. The number of aromatic nitrogens is 2. The minimum Gasteiger partial charge on any atom is -0.238 e. The van der Waals surface area contributed by atoms with Crippen LogP contribution in [0.4, 0.5) is 0 Å². The van der Waals surface area contributed by atoms with Crippen molar-refractivity contribution < 1.29 is 0 Å². The summed E-state index contributed by atoms with van der Waals surface area (Å²) in [5.41, 5.74) is 1.96. The van der Waals surface area contributed by atoms with Crippen molar-refractivity contribution >= 4 is 23.2 Å². The van der Waals surface area contributed by atoms with Gasteiger partial charge in [-0.1, -0.05) is 23.2 Å². The van der Waals surface area contributed by atoms with E-state index < -0.39 is 0 Å². The van der Waals surface area contributed by atoms with Crippen molar-refractivity contribution in [2.45, 2.75) is 6.92 Å². The van der Waals surface area contributed by atoms with Crippen molar-refractivity contribution in [3.8, 4) is 11.8 Å². The van der Waals surface area contributed by atoms with E-state index in [2.05, 4.69) is 5.10 Å². The average molecular weight is 252 g/mol. The largest absolute Gasteiger partial charge is 0.238 e. The summed E-state index contributed by atoms with van der Waals surface area (Å²) in [6, 6.07) is 7.05. The van der Waals surface area contributed by atoms with Crippen LogP contribution >= 0.6 is 23.2 Å². The molecule has 3 nitrogen and oxygen atoms in total. The predicted molar refractivity (Wildman–Crippen MR) is 63.0 cm³/mol. The molecule has 0 radical (unpaired) electrons. The molecule has 0 bridgehead atoms. The predicted octanol–water partition coefficient (Wildman–Crippen LogP) is 3.36. The van der Waals surface area contributed by atoms with Crippen LogP contribution in [0.2, 0.25) is 10.0 Å². The zero-order valence-electron chi connectivity index (χ0n) is 8.41. The highest BCUT2D eigenvalue weighted by Gasteiger charge is 2.07. The van der Waals surface area contributed by atoms with Crippen LogP contribution in [0.15, 0.2) is 24.4 Å². The quantitative estimate of drug-likeness (QED) is 0.780. The third-order valence-corrected chi connectivity index (χ3v) is 2.84. The van der Waals surface area contributed by atoms with E-state index in [1.54, 1.807) is 29.1 Å². The lowest BCUT2D eigenvalue weighted by Crippen LogP contribution is -1.96. The van der Waals surface area contributed by atoms with E-state index in [1.807, 2.05) is 13.0 Å². The van der Waals surface area contributed by atoms with Gasteiger partial charge in [-0.2, -0.15) is 10.4 Å². The Bertz CT molecular complexity index is 562. The number of hydrogen-bond acceptors (Lipinski definition) is 2. The minimum atomic E-state index is 0.471. The van der Waals surface area contributed by atoms with Gasteiger partial charge in [-0.15, -0.1) is 0 Å². The maximum absolute atomic E-state index is 8.72. The van der Waals surface area contributed by atoms with Crippen LogP contribution in [-0.4, -0.2) is 9.78 Å². The molecule has 0 aliphatic rings. The smallest absolute Gasteiger partial charge is 0.0992 e. The molecule has 0 spiro atoms. The first-order valence-electron chi connectivity index (χ1n) is 4.53. The Morgan fingerprint density at radius 1 is 1.31 bits per heavy atom. The van der Waals surface area contributed by atoms with Crippen LogP contribution in [-0.2, 0) is 0 Å². The number of benzene rings is 1. The molecular formula is C11H7Cl2N3. The van der Waals surface area contributed by atoms with Crippen molar-refractivity contribution in [2.75, 3.05) is 0 Å². The lowest BCUT2D eigenvalue weighted by atomic mass is 10.2. The molecule has 0 amide bonds. The Hall–Kier alpha value is -1.50. The summed E-state index contributed by atoms with van der Waals surface area (Å²) in [5.74, 6) is 0. The van der Waals surface area contributed by atoms with Gasteiger partial charge < -0.3 is 0 Å². The molecule has 0 N–H and O–H groups in total. The molecule has 1 aromatic carbocycles. The van der Waals surface area contributed by atoms with Crippen LogP contribution < -0.4 is 0 Å². The van der Waals surface area contributed by atoms with Crippen LogP contribution in [0.5, 0.6) is 0 Å². The van der Waals surface area contributed by atoms with Crippen molar-refractivity contribution in [1.29, 1.82) is 5.26 Å². The zero-order valence-corrected chi connectivity index (χ0v) is 9.92. The monoisotopic (exact) mass is 251 g/mol. The van der Waals surface area contributed by atoms with E-state index in [-0.39, 0.29) is 0 Å². The van der Waals surface area contributed by atoms with Gasteiger partial charge in [-0.05, 0) is 25.1 Å². The number of hydrogen-bond donors (Lipinski definition) is 0. The van der Waals surface area contributed by atoms with Gasteiger partial charge in [-0.3, -0.25) is 0 Å². The van der Waals surface area contributed by atoms with Crippen molar-refractivity contribution in [2.24, 2.45) is 0 Å². The van der Waals surface area contributed by atoms with E-state index in [0.29, 0.717) is 21.3 Å². The maximum Gasteiger partial charge on any atom is 0.0992 e. The van der Waals surface area contributed by atoms with Crippen LogP contribution in [0.25, 0.3) is 5.69 Å². The molecule has 2 aromatic rings. The highest BCUT2D eigenvalue weighted by atomic mass is 35.5. The average Bonchev–Trinajstić information content (AvgIpc) is 2.58.